The zero-order valence-corrected chi connectivity index (χ0v) is 19.5. The third-order valence-corrected chi connectivity index (χ3v) is 7.67. The lowest BCUT2D eigenvalue weighted by molar-refractivity contribution is 0.102. The Balaban J connectivity index is 1.78. The molecule has 1 aromatic heterocycles. The number of anilines is 1. The monoisotopic (exact) mass is 507 g/mol. The van der Waals surface area contributed by atoms with E-state index >= 15 is 0 Å². The van der Waals surface area contributed by atoms with Crippen molar-refractivity contribution in [3.8, 4) is 12.1 Å². The molecule has 0 spiro atoms. The minimum atomic E-state index is -3.91. The SMILES string of the molecule is N#CCCN(CCC#N)S(=O)(=O)c1ccc(C(=O)Nc2nc3c(Cl)cc(Cl)cc3s2)cc1. The van der Waals surface area contributed by atoms with Crippen molar-refractivity contribution in [2.24, 2.45) is 0 Å². The quantitative estimate of drug-likeness (QED) is 0.471. The number of amides is 1. The molecule has 2 aromatic carbocycles. The first kappa shape index (κ1) is 23.9. The van der Waals surface area contributed by atoms with Gasteiger partial charge in [-0.3, -0.25) is 10.1 Å². The number of halogens is 2. The fraction of sp³-hybridized carbons (Fsp3) is 0.200. The predicted molar refractivity (Wildman–Crippen MR) is 123 cm³/mol. The summed E-state index contributed by atoms with van der Waals surface area (Å²) >= 11 is 13.3. The largest absolute Gasteiger partial charge is 0.298 e. The smallest absolute Gasteiger partial charge is 0.257 e. The van der Waals surface area contributed by atoms with Crippen molar-refractivity contribution in [1.29, 1.82) is 10.5 Å². The summed E-state index contributed by atoms with van der Waals surface area (Å²) in [6, 6.07) is 12.4. The molecule has 8 nitrogen and oxygen atoms in total. The minimum Gasteiger partial charge on any atom is -0.298 e. The van der Waals surface area contributed by atoms with Crippen molar-refractivity contribution < 1.29 is 13.2 Å². The number of nitrogens with zero attached hydrogens (tertiary/aromatic N) is 4. The van der Waals surface area contributed by atoms with E-state index in [0.717, 1.165) is 4.31 Å². The molecule has 3 rings (SSSR count). The molecule has 0 aliphatic heterocycles. The number of rotatable bonds is 8. The lowest BCUT2D eigenvalue weighted by Gasteiger charge is -2.20. The highest BCUT2D eigenvalue weighted by Gasteiger charge is 2.24. The number of hydrogen-bond acceptors (Lipinski definition) is 7. The third kappa shape index (κ3) is 5.36. The number of carbonyl (C=O) groups is 1. The molecule has 0 bridgehead atoms. The molecule has 1 heterocycles. The van der Waals surface area contributed by atoms with E-state index in [4.69, 9.17) is 33.7 Å². The lowest BCUT2D eigenvalue weighted by Crippen LogP contribution is -2.32. The van der Waals surface area contributed by atoms with Gasteiger partial charge in [-0.1, -0.05) is 34.5 Å². The Morgan fingerprint density at radius 2 is 1.72 bits per heavy atom. The fourth-order valence-corrected chi connectivity index (χ4v) is 5.83. The van der Waals surface area contributed by atoms with Crippen molar-refractivity contribution in [3.63, 3.8) is 0 Å². The predicted octanol–water partition coefficient (Wildman–Crippen LogP) is 4.67. The van der Waals surface area contributed by atoms with Crippen LogP contribution in [0.3, 0.4) is 0 Å². The summed E-state index contributed by atoms with van der Waals surface area (Å²) in [5.41, 5.74) is 0.751. The topological polar surface area (TPSA) is 127 Å². The molecular formula is C20H15Cl2N5O3S2. The standard InChI is InChI=1S/C20H15Cl2N5O3S2/c21-14-11-16(22)18-17(12-14)31-20(25-18)26-19(28)13-3-5-15(6-4-13)32(29,30)27(9-1-7-23)10-2-8-24/h3-6,11-12H,1-2,9-10H2,(H,25,26,28). The van der Waals surface area contributed by atoms with Crippen molar-refractivity contribution in [3.05, 3.63) is 52.0 Å². The molecule has 12 heteroatoms. The van der Waals surface area contributed by atoms with Crippen LogP contribution in [0.2, 0.25) is 10.0 Å². The van der Waals surface area contributed by atoms with Gasteiger partial charge in [0.1, 0.15) is 5.52 Å². The first-order valence-corrected chi connectivity index (χ1v) is 12.2. The first-order valence-electron chi connectivity index (χ1n) is 9.17. The molecule has 0 unspecified atom stereocenters. The molecule has 3 aromatic rings. The maximum absolute atomic E-state index is 12.9. The van der Waals surface area contributed by atoms with Crippen LogP contribution in [-0.4, -0.2) is 36.7 Å². The molecule has 0 radical (unpaired) electrons. The molecule has 0 saturated carbocycles. The van der Waals surface area contributed by atoms with Crippen LogP contribution < -0.4 is 5.32 Å². The summed E-state index contributed by atoms with van der Waals surface area (Å²) in [6.07, 6.45) is 0.00505. The highest BCUT2D eigenvalue weighted by atomic mass is 35.5. The maximum atomic E-state index is 12.9. The Bertz CT molecular complexity index is 1320. The molecule has 32 heavy (non-hydrogen) atoms. The average Bonchev–Trinajstić information content (AvgIpc) is 3.16. The first-order chi connectivity index (χ1) is 15.3. The normalized spacial score (nSPS) is 11.3. The second-order valence-electron chi connectivity index (χ2n) is 6.45. The maximum Gasteiger partial charge on any atom is 0.257 e. The Morgan fingerprint density at radius 1 is 1.09 bits per heavy atom. The molecule has 0 saturated heterocycles. The summed E-state index contributed by atoms with van der Waals surface area (Å²) in [5.74, 6) is -0.471. The summed E-state index contributed by atoms with van der Waals surface area (Å²) < 4.78 is 27.5. The van der Waals surface area contributed by atoms with Crippen molar-refractivity contribution in [1.82, 2.24) is 9.29 Å². The summed E-state index contributed by atoms with van der Waals surface area (Å²) in [5, 5.41) is 21.4. The van der Waals surface area contributed by atoms with Gasteiger partial charge < -0.3 is 0 Å². The molecule has 164 valence electrons. The summed E-state index contributed by atoms with van der Waals surface area (Å²) in [4.78, 5) is 16.8. The van der Waals surface area contributed by atoms with E-state index in [-0.39, 0.29) is 36.4 Å². The minimum absolute atomic E-state index is 0.00252. The zero-order chi connectivity index (χ0) is 23.3. The Hall–Kier alpha value is -2.73. The van der Waals surface area contributed by atoms with Crippen LogP contribution in [0.15, 0.2) is 41.3 Å². The second kappa shape index (κ2) is 10.3. The number of nitrogens with one attached hydrogen (secondary N) is 1. The van der Waals surface area contributed by atoms with E-state index in [9.17, 15) is 13.2 Å². The van der Waals surface area contributed by atoms with Crippen molar-refractivity contribution >= 4 is 65.8 Å². The second-order valence-corrected chi connectivity index (χ2v) is 10.3. The van der Waals surface area contributed by atoms with Gasteiger partial charge in [-0.15, -0.1) is 0 Å². The number of nitriles is 2. The van der Waals surface area contributed by atoms with Gasteiger partial charge in [-0.05, 0) is 36.4 Å². The molecule has 0 fully saturated rings. The third-order valence-electron chi connectivity index (χ3n) is 4.33. The number of hydrogen-bond donors (Lipinski definition) is 1. The highest BCUT2D eigenvalue weighted by molar-refractivity contribution is 7.89. The number of thiazole rings is 1. The number of benzene rings is 2. The number of carbonyl (C=O) groups excluding carboxylic acids is 1. The van der Waals surface area contributed by atoms with Gasteiger partial charge in [0.05, 0.1) is 26.8 Å². The molecule has 1 amide bonds. The van der Waals surface area contributed by atoms with E-state index in [2.05, 4.69) is 10.3 Å². The molecule has 0 aliphatic rings. The van der Waals surface area contributed by atoms with Crippen LogP contribution in [-0.2, 0) is 10.0 Å². The van der Waals surface area contributed by atoms with E-state index < -0.39 is 15.9 Å². The van der Waals surface area contributed by atoms with Crippen LogP contribution in [0.1, 0.15) is 23.2 Å². The molecular weight excluding hydrogens is 493 g/mol. The number of fused-ring (bicyclic) bond motifs is 1. The number of aromatic nitrogens is 1. The van der Waals surface area contributed by atoms with Crippen LogP contribution in [0.4, 0.5) is 5.13 Å². The van der Waals surface area contributed by atoms with Gasteiger partial charge >= 0.3 is 0 Å². The molecule has 0 aliphatic carbocycles. The Labute approximate surface area is 198 Å². The van der Waals surface area contributed by atoms with Crippen LogP contribution in [0.5, 0.6) is 0 Å². The lowest BCUT2D eigenvalue weighted by atomic mass is 10.2. The van der Waals surface area contributed by atoms with E-state index in [1.54, 1.807) is 12.1 Å². The van der Waals surface area contributed by atoms with E-state index in [1.807, 2.05) is 12.1 Å². The van der Waals surface area contributed by atoms with Gasteiger partial charge in [0.15, 0.2) is 5.13 Å². The molecule has 1 N–H and O–H groups in total. The van der Waals surface area contributed by atoms with Crippen molar-refractivity contribution in [2.45, 2.75) is 17.7 Å². The Kier molecular flexibility index (Phi) is 7.67. The van der Waals surface area contributed by atoms with Gasteiger partial charge in [-0.2, -0.15) is 14.8 Å². The van der Waals surface area contributed by atoms with E-state index in [1.165, 1.54) is 35.6 Å². The summed E-state index contributed by atoms with van der Waals surface area (Å²) in [7, 11) is -3.91. The fourth-order valence-electron chi connectivity index (χ4n) is 2.81. The van der Waals surface area contributed by atoms with Gasteiger partial charge in [0.2, 0.25) is 10.0 Å². The highest BCUT2D eigenvalue weighted by Crippen LogP contribution is 2.34. The van der Waals surface area contributed by atoms with Gasteiger partial charge in [0.25, 0.3) is 5.91 Å². The van der Waals surface area contributed by atoms with E-state index in [0.29, 0.717) is 25.4 Å². The molecule has 0 atom stereocenters. The summed E-state index contributed by atoms with van der Waals surface area (Å²) in [6.45, 7) is -0.0418. The van der Waals surface area contributed by atoms with Crippen LogP contribution in [0, 0.1) is 22.7 Å². The average molecular weight is 508 g/mol. The van der Waals surface area contributed by atoms with Gasteiger partial charge in [0, 0.05) is 36.5 Å². The van der Waals surface area contributed by atoms with Crippen LogP contribution >= 0.6 is 34.5 Å². The van der Waals surface area contributed by atoms with Crippen molar-refractivity contribution in [2.75, 3.05) is 18.4 Å². The Morgan fingerprint density at radius 3 is 2.31 bits per heavy atom. The van der Waals surface area contributed by atoms with Crippen LogP contribution in [0.25, 0.3) is 10.2 Å². The number of sulfonamides is 1. The van der Waals surface area contributed by atoms with Gasteiger partial charge in [-0.25, -0.2) is 13.4 Å². The zero-order valence-electron chi connectivity index (χ0n) is 16.4.